The quantitative estimate of drug-likeness (QED) is 0.669. The second-order valence-corrected chi connectivity index (χ2v) is 2.20. The van der Waals surface area contributed by atoms with Crippen LogP contribution in [0.25, 0.3) is 0 Å². The molecule has 1 aromatic rings. The average molecular weight is 182 g/mol. The van der Waals surface area contributed by atoms with Crippen molar-refractivity contribution in [1.29, 1.82) is 0 Å². The third-order valence-electron chi connectivity index (χ3n) is 1.37. The monoisotopic (exact) mass is 182 g/mol. The number of carboxylic acid groups (broad SMARTS) is 1. The average Bonchev–Trinajstić information content (AvgIpc) is 2.04. The van der Waals surface area contributed by atoms with Crippen molar-refractivity contribution in [3.8, 4) is 11.5 Å². The number of ether oxygens (including phenoxy) is 1. The van der Waals surface area contributed by atoms with Crippen molar-refractivity contribution in [2.45, 2.75) is 0 Å². The molecule has 0 atom stereocenters. The van der Waals surface area contributed by atoms with E-state index in [-0.39, 0.29) is 23.5 Å². The molecule has 0 aromatic heterocycles. The minimum Gasteiger partial charge on any atom is -0.508 e. The Balaban J connectivity index is 3.17. The van der Waals surface area contributed by atoms with Gasteiger partial charge in [0, 0.05) is 6.07 Å². The lowest BCUT2D eigenvalue weighted by atomic mass is 10.2. The van der Waals surface area contributed by atoms with Crippen LogP contribution in [0.5, 0.6) is 11.5 Å². The van der Waals surface area contributed by atoms with Crippen LogP contribution >= 0.6 is 0 Å². The molecule has 5 nitrogen and oxygen atoms in total. The number of carbonyl (C=O) groups excluding carboxylic acids is 1. The van der Waals surface area contributed by atoms with Crippen LogP contribution in [-0.4, -0.2) is 22.7 Å². The van der Waals surface area contributed by atoms with Crippen LogP contribution < -0.4 is 4.74 Å². The predicted molar refractivity (Wildman–Crippen MR) is 41.8 cm³/mol. The minimum atomic E-state index is -1.23. The summed E-state index contributed by atoms with van der Waals surface area (Å²) in [5.74, 6) is -1.57. The van der Waals surface area contributed by atoms with Gasteiger partial charge in [0.05, 0.1) is 0 Å². The predicted octanol–water partition coefficient (Wildman–Crippen LogP) is 0.626. The largest absolute Gasteiger partial charge is 0.508 e. The maximum atomic E-state index is 10.5. The molecular formula is C8H6O5. The van der Waals surface area contributed by atoms with E-state index < -0.39 is 5.97 Å². The number of rotatable bonds is 3. The van der Waals surface area contributed by atoms with Gasteiger partial charge in [-0.1, -0.05) is 0 Å². The highest BCUT2D eigenvalue weighted by Crippen LogP contribution is 2.23. The van der Waals surface area contributed by atoms with Crippen molar-refractivity contribution in [2.75, 3.05) is 0 Å². The molecule has 2 N–H and O–H groups in total. The molecule has 13 heavy (non-hydrogen) atoms. The first-order valence-corrected chi connectivity index (χ1v) is 3.31. The number of carboxylic acids is 1. The van der Waals surface area contributed by atoms with Gasteiger partial charge in [0.15, 0.2) is 0 Å². The highest BCUT2D eigenvalue weighted by Gasteiger charge is 2.11. The first-order valence-electron chi connectivity index (χ1n) is 3.31. The number of aromatic hydroxyl groups is 1. The Morgan fingerprint density at radius 1 is 1.46 bits per heavy atom. The molecule has 0 heterocycles. The van der Waals surface area contributed by atoms with E-state index in [4.69, 9.17) is 10.2 Å². The summed E-state index contributed by atoms with van der Waals surface area (Å²) >= 11 is 0. The number of benzene rings is 1. The van der Waals surface area contributed by atoms with Gasteiger partial charge in [-0.25, -0.2) is 4.79 Å². The van der Waals surface area contributed by atoms with Gasteiger partial charge in [0.2, 0.25) is 0 Å². The Morgan fingerprint density at radius 2 is 2.15 bits per heavy atom. The van der Waals surface area contributed by atoms with Crippen molar-refractivity contribution in [1.82, 2.24) is 0 Å². The van der Waals surface area contributed by atoms with E-state index in [0.717, 1.165) is 12.1 Å². The molecule has 0 aliphatic heterocycles. The first-order chi connectivity index (χ1) is 6.15. The van der Waals surface area contributed by atoms with E-state index in [2.05, 4.69) is 4.74 Å². The molecule has 0 unspecified atom stereocenters. The highest BCUT2D eigenvalue weighted by atomic mass is 16.5. The zero-order valence-corrected chi connectivity index (χ0v) is 6.43. The van der Waals surface area contributed by atoms with E-state index in [1.165, 1.54) is 6.07 Å². The molecule has 0 radical (unpaired) electrons. The topological polar surface area (TPSA) is 83.8 Å². The van der Waals surface area contributed by atoms with E-state index in [0.29, 0.717) is 0 Å². The molecule has 1 aromatic carbocycles. The van der Waals surface area contributed by atoms with Crippen molar-refractivity contribution < 1.29 is 24.5 Å². The van der Waals surface area contributed by atoms with E-state index in [9.17, 15) is 9.59 Å². The SMILES string of the molecule is O=COc1cc(O)ccc1C(=O)O. The minimum absolute atomic E-state index is 0.0984. The molecule has 0 spiro atoms. The van der Waals surface area contributed by atoms with Crippen molar-refractivity contribution in [3.63, 3.8) is 0 Å². The lowest BCUT2D eigenvalue weighted by Gasteiger charge is -2.02. The summed E-state index contributed by atoms with van der Waals surface area (Å²) in [5, 5.41) is 17.6. The third-order valence-corrected chi connectivity index (χ3v) is 1.37. The number of phenolic OH excluding ortho intramolecular Hbond substituents is 1. The summed E-state index contributed by atoms with van der Waals surface area (Å²) < 4.78 is 4.36. The summed E-state index contributed by atoms with van der Waals surface area (Å²) in [5.41, 5.74) is -0.176. The summed E-state index contributed by atoms with van der Waals surface area (Å²) in [6, 6.07) is 3.40. The van der Waals surface area contributed by atoms with Crippen molar-refractivity contribution in [2.24, 2.45) is 0 Å². The summed E-state index contributed by atoms with van der Waals surface area (Å²) in [6.07, 6.45) is 0. The second-order valence-electron chi connectivity index (χ2n) is 2.20. The van der Waals surface area contributed by atoms with E-state index >= 15 is 0 Å². The second kappa shape index (κ2) is 3.57. The maximum absolute atomic E-state index is 10.5. The molecule has 0 aliphatic carbocycles. The van der Waals surface area contributed by atoms with Crippen molar-refractivity contribution >= 4 is 12.4 Å². The lowest BCUT2D eigenvalue weighted by Crippen LogP contribution is -2.01. The van der Waals surface area contributed by atoms with Crippen LogP contribution in [0.3, 0.4) is 0 Å². The molecule has 0 saturated carbocycles. The maximum Gasteiger partial charge on any atom is 0.339 e. The normalized spacial score (nSPS) is 9.23. The molecular weight excluding hydrogens is 176 g/mol. The molecule has 0 aliphatic rings. The van der Waals surface area contributed by atoms with Gasteiger partial charge in [0.1, 0.15) is 17.1 Å². The Hall–Kier alpha value is -2.04. The molecule has 5 heteroatoms. The van der Waals surface area contributed by atoms with Gasteiger partial charge in [0.25, 0.3) is 6.47 Å². The summed E-state index contributed by atoms with van der Waals surface area (Å²) in [4.78, 5) is 20.5. The number of hydrogen-bond donors (Lipinski definition) is 2. The summed E-state index contributed by atoms with van der Waals surface area (Å²) in [6.45, 7) is 0.0984. The Labute approximate surface area is 73.2 Å². The van der Waals surface area contributed by atoms with E-state index in [1.54, 1.807) is 0 Å². The number of aromatic carboxylic acids is 1. The number of phenols is 1. The molecule has 0 saturated heterocycles. The third kappa shape index (κ3) is 1.96. The lowest BCUT2D eigenvalue weighted by molar-refractivity contribution is -0.120. The van der Waals surface area contributed by atoms with Gasteiger partial charge in [-0.3, -0.25) is 4.79 Å². The standard InChI is InChI=1S/C8H6O5/c9-4-13-7-3-5(10)1-2-6(7)8(11)12/h1-4,10H,(H,11,12). The highest BCUT2D eigenvalue weighted by molar-refractivity contribution is 5.91. The zero-order chi connectivity index (χ0) is 9.84. The van der Waals surface area contributed by atoms with Crippen LogP contribution in [0.15, 0.2) is 18.2 Å². The van der Waals surface area contributed by atoms with Gasteiger partial charge in [-0.05, 0) is 12.1 Å². The first kappa shape index (κ1) is 9.05. The molecule has 68 valence electrons. The fourth-order valence-corrected chi connectivity index (χ4v) is 0.837. The Morgan fingerprint density at radius 3 is 2.69 bits per heavy atom. The fourth-order valence-electron chi connectivity index (χ4n) is 0.837. The molecule has 0 fully saturated rings. The van der Waals surface area contributed by atoms with Gasteiger partial charge >= 0.3 is 5.97 Å². The van der Waals surface area contributed by atoms with Crippen LogP contribution in [0, 0.1) is 0 Å². The van der Waals surface area contributed by atoms with Crippen molar-refractivity contribution in [3.05, 3.63) is 23.8 Å². The van der Waals surface area contributed by atoms with Crippen LogP contribution in [0.4, 0.5) is 0 Å². The number of hydrogen-bond acceptors (Lipinski definition) is 4. The van der Waals surface area contributed by atoms with Crippen LogP contribution in [-0.2, 0) is 4.79 Å². The molecule has 0 bridgehead atoms. The molecule has 0 amide bonds. The van der Waals surface area contributed by atoms with Gasteiger partial charge < -0.3 is 14.9 Å². The fraction of sp³-hybridized carbons (Fsp3) is 0. The summed E-state index contributed by atoms with van der Waals surface area (Å²) in [7, 11) is 0. The van der Waals surface area contributed by atoms with Crippen LogP contribution in [0.1, 0.15) is 10.4 Å². The Kier molecular flexibility index (Phi) is 2.49. The van der Waals surface area contributed by atoms with Gasteiger partial charge in [-0.2, -0.15) is 0 Å². The van der Waals surface area contributed by atoms with E-state index in [1.807, 2.05) is 0 Å². The van der Waals surface area contributed by atoms with Crippen LogP contribution in [0.2, 0.25) is 0 Å². The zero-order valence-electron chi connectivity index (χ0n) is 6.43. The molecule has 1 rings (SSSR count). The van der Waals surface area contributed by atoms with Gasteiger partial charge in [-0.15, -0.1) is 0 Å². The Bertz CT molecular complexity index is 344. The smallest absolute Gasteiger partial charge is 0.339 e. The number of carbonyl (C=O) groups is 2.